The highest BCUT2D eigenvalue weighted by Gasteiger charge is 2.20. The number of nitrogens with two attached hydrogens (primary N) is 1. The summed E-state index contributed by atoms with van der Waals surface area (Å²) in [5.74, 6) is 0.223. The van der Waals surface area contributed by atoms with Gasteiger partial charge in [-0.25, -0.2) is 0 Å². The molecule has 18 heavy (non-hydrogen) atoms. The lowest BCUT2D eigenvalue weighted by atomic mass is 10.0. The fourth-order valence-electron chi connectivity index (χ4n) is 1.13. The van der Waals surface area contributed by atoms with Gasteiger partial charge in [0, 0.05) is 38.9 Å². The summed E-state index contributed by atoms with van der Waals surface area (Å²) in [7, 11) is 1.56. The number of aliphatic hydroxyl groups is 1. The second-order valence-corrected chi connectivity index (χ2v) is 5.39. The van der Waals surface area contributed by atoms with Crippen molar-refractivity contribution in [2.75, 3.05) is 31.8 Å². The Kier molecular flexibility index (Phi) is 8.78. The largest absolute Gasteiger partial charge is 0.388 e. The van der Waals surface area contributed by atoms with Crippen molar-refractivity contribution in [3.8, 4) is 0 Å². The van der Waals surface area contributed by atoms with Crippen LogP contribution in [0.4, 0.5) is 0 Å². The highest BCUT2D eigenvalue weighted by molar-refractivity contribution is 7.99. The summed E-state index contributed by atoms with van der Waals surface area (Å²) in [5.41, 5.74) is 4.00. The Balaban J connectivity index is 3.65. The van der Waals surface area contributed by atoms with Crippen LogP contribution < -0.4 is 11.1 Å². The van der Waals surface area contributed by atoms with Crippen molar-refractivity contribution < 1.29 is 19.4 Å². The number of ether oxygens (including phenoxy) is 1. The van der Waals surface area contributed by atoms with Gasteiger partial charge in [0.25, 0.3) is 0 Å². The molecule has 0 aromatic heterocycles. The summed E-state index contributed by atoms with van der Waals surface area (Å²) >= 11 is 1.32. The van der Waals surface area contributed by atoms with Gasteiger partial charge >= 0.3 is 0 Å². The first-order valence-electron chi connectivity index (χ1n) is 5.71. The van der Waals surface area contributed by atoms with E-state index in [1.54, 1.807) is 14.0 Å². The average molecular weight is 278 g/mol. The van der Waals surface area contributed by atoms with Crippen LogP contribution in [0.25, 0.3) is 0 Å². The van der Waals surface area contributed by atoms with Crippen molar-refractivity contribution in [3.63, 3.8) is 0 Å². The first-order chi connectivity index (χ1) is 8.37. The summed E-state index contributed by atoms with van der Waals surface area (Å²) in [4.78, 5) is 21.9. The molecule has 106 valence electrons. The van der Waals surface area contributed by atoms with E-state index in [2.05, 4.69) is 5.32 Å². The molecule has 6 nitrogen and oxygen atoms in total. The van der Waals surface area contributed by atoms with Crippen LogP contribution in [0.2, 0.25) is 0 Å². The molecule has 0 saturated carbocycles. The van der Waals surface area contributed by atoms with Gasteiger partial charge in [0.15, 0.2) is 0 Å². The van der Waals surface area contributed by atoms with Gasteiger partial charge in [-0.15, -0.1) is 0 Å². The fourth-order valence-corrected chi connectivity index (χ4v) is 1.80. The predicted octanol–water partition coefficient (Wildman–Crippen LogP) is -0.501. The molecule has 0 radical (unpaired) electrons. The molecule has 1 atom stereocenters. The number of hydrogen-bond donors (Lipinski definition) is 3. The molecule has 0 bridgehead atoms. The maximum absolute atomic E-state index is 11.4. The van der Waals surface area contributed by atoms with E-state index in [1.165, 1.54) is 11.8 Å². The zero-order valence-corrected chi connectivity index (χ0v) is 11.7. The van der Waals surface area contributed by atoms with Crippen molar-refractivity contribution in [3.05, 3.63) is 0 Å². The zero-order valence-electron chi connectivity index (χ0n) is 10.9. The van der Waals surface area contributed by atoms with Gasteiger partial charge < -0.3 is 20.9 Å². The molecule has 0 heterocycles. The highest BCUT2D eigenvalue weighted by Crippen LogP contribution is 2.08. The second-order valence-electron chi connectivity index (χ2n) is 4.29. The van der Waals surface area contributed by atoms with Crippen LogP contribution >= 0.6 is 11.8 Å². The Morgan fingerprint density at radius 1 is 1.50 bits per heavy atom. The van der Waals surface area contributed by atoms with Gasteiger partial charge in [-0.05, 0) is 6.92 Å². The number of amides is 2. The van der Waals surface area contributed by atoms with Crippen LogP contribution in [0.5, 0.6) is 0 Å². The van der Waals surface area contributed by atoms with E-state index >= 15 is 0 Å². The molecule has 2 amide bonds. The topological polar surface area (TPSA) is 102 Å². The highest BCUT2D eigenvalue weighted by atomic mass is 32.2. The van der Waals surface area contributed by atoms with Crippen LogP contribution in [-0.2, 0) is 14.3 Å². The third-order valence-electron chi connectivity index (χ3n) is 2.23. The summed E-state index contributed by atoms with van der Waals surface area (Å²) in [6.45, 7) is 2.28. The molecule has 1 unspecified atom stereocenters. The number of hydrogen-bond acceptors (Lipinski definition) is 5. The SMILES string of the molecule is COCCC(C)(O)CNC(=O)CCSCC(N)=O. The first kappa shape index (κ1) is 17.2. The van der Waals surface area contributed by atoms with Gasteiger partial charge in [0.05, 0.1) is 11.4 Å². The maximum Gasteiger partial charge on any atom is 0.227 e. The van der Waals surface area contributed by atoms with Crippen LogP contribution in [0.3, 0.4) is 0 Å². The minimum Gasteiger partial charge on any atom is -0.388 e. The van der Waals surface area contributed by atoms with Gasteiger partial charge in [-0.3, -0.25) is 9.59 Å². The molecule has 4 N–H and O–H groups in total. The van der Waals surface area contributed by atoms with E-state index in [0.717, 1.165) is 0 Å². The standard InChI is InChI=1S/C11H22N2O4S/c1-11(16,4-5-17-2)8-13-10(15)3-6-18-7-9(12)14/h16H,3-8H2,1-2H3,(H2,12,14)(H,13,15). The van der Waals surface area contributed by atoms with E-state index < -0.39 is 5.60 Å². The molecule has 0 spiro atoms. The predicted molar refractivity (Wildman–Crippen MR) is 71.3 cm³/mol. The third kappa shape index (κ3) is 10.4. The lowest BCUT2D eigenvalue weighted by Crippen LogP contribution is -2.41. The van der Waals surface area contributed by atoms with Crippen molar-refractivity contribution in [2.45, 2.75) is 25.4 Å². The minimum absolute atomic E-state index is 0.148. The monoisotopic (exact) mass is 278 g/mol. The molecule has 0 aromatic rings. The minimum atomic E-state index is -0.966. The smallest absolute Gasteiger partial charge is 0.227 e. The molecule has 0 aliphatic heterocycles. The zero-order chi connectivity index (χ0) is 14.0. The summed E-state index contributed by atoms with van der Waals surface area (Å²) in [6, 6.07) is 0. The van der Waals surface area contributed by atoms with Gasteiger partial charge in [0.2, 0.25) is 11.8 Å². The Morgan fingerprint density at radius 3 is 2.72 bits per heavy atom. The Labute approximate surface area is 112 Å². The molecule has 0 aliphatic rings. The molecule has 0 aromatic carbocycles. The number of primary amides is 1. The summed E-state index contributed by atoms with van der Waals surface area (Å²) in [6.07, 6.45) is 0.762. The number of carbonyl (C=O) groups is 2. The van der Waals surface area contributed by atoms with Crippen molar-refractivity contribution in [1.29, 1.82) is 0 Å². The third-order valence-corrected chi connectivity index (χ3v) is 3.21. The van der Waals surface area contributed by atoms with E-state index in [0.29, 0.717) is 25.2 Å². The molecular weight excluding hydrogens is 256 g/mol. The Bertz CT molecular complexity index is 272. The van der Waals surface area contributed by atoms with Crippen molar-refractivity contribution in [1.82, 2.24) is 5.32 Å². The molecule has 0 saturated heterocycles. The van der Waals surface area contributed by atoms with Gasteiger partial charge in [-0.2, -0.15) is 11.8 Å². The number of thioether (sulfide) groups is 1. The van der Waals surface area contributed by atoms with Crippen molar-refractivity contribution in [2.24, 2.45) is 5.73 Å². The molecule has 0 rings (SSSR count). The number of nitrogens with one attached hydrogen (secondary N) is 1. The maximum atomic E-state index is 11.4. The van der Waals surface area contributed by atoms with Crippen LogP contribution in [-0.4, -0.2) is 54.3 Å². The normalized spacial score (nSPS) is 13.9. The van der Waals surface area contributed by atoms with E-state index in [4.69, 9.17) is 10.5 Å². The van der Waals surface area contributed by atoms with Gasteiger partial charge in [0.1, 0.15) is 0 Å². The molecule has 0 aliphatic carbocycles. The van der Waals surface area contributed by atoms with Crippen LogP contribution in [0.1, 0.15) is 19.8 Å². The first-order valence-corrected chi connectivity index (χ1v) is 6.87. The quantitative estimate of drug-likeness (QED) is 0.468. The van der Waals surface area contributed by atoms with E-state index in [1.807, 2.05) is 0 Å². The number of carbonyl (C=O) groups excluding carboxylic acids is 2. The van der Waals surface area contributed by atoms with Gasteiger partial charge in [-0.1, -0.05) is 0 Å². The summed E-state index contributed by atoms with van der Waals surface area (Å²) < 4.78 is 4.87. The number of rotatable bonds is 10. The van der Waals surface area contributed by atoms with E-state index in [9.17, 15) is 14.7 Å². The van der Waals surface area contributed by atoms with Crippen LogP contribution in [0, 0.1) is 0 Å². The Morgan fingerprint density at radius 2 is 2.17 bits per heavy atom. The summed E-state index contributed by atoms with van der Waals surface area (Å²) in [5, 5.41) is 12.5. The molecular formula is C11H22N2O4S. The number of methoxy groups -OCH3 is 1. The fraction of sp³-hybridized carbons (Fsp3) is 0.818. The van der Waals surface area contributed by atoms with Crippen LogP contribution in [0.15, 0.2) is 0 Å². The molecule has 7 heteroatoms. The second kappa shape index (κ2) is 9.18. The lowest BCUT2D eigenvalue weighted by Gasteiger charge is -2.23. The lowest BCUT2D eigenvalue weighted by molar-refractivity contribution is -0.122. The molecule has 0 fully saturated rings. The average Bonchev–Trinajstić information content (AvgIpc) is 2.29. The Hall–Kier alpha value is -0.790. The van der Waals surface area contributed by atoms with E-state index in [-0.39, 0.29) is 24.1 Å². The van der Waals surface area contributed by atoms with Crippen molar-refractivity contribution >= 4 is 23.6 Å².